The van der Waals surface area contributed by atoms with Crippen molar-refractivity contribution in [1.29, 1.82) is 0 Å². The second kappa shape index (κ2) is 14.3. The van der Waals surface area contributed by atoms with Gasteiger partial charge in [-0.2, -0.15) is 0 Å². The van der Waals surface area contributed by atoms with Crippen LogP contribution in [0.3, 0.4) is 0 Å². The summed E-state index contributed by atoms with van der Waals surface area (Å²) >= 11 is 0. The van der Waals surface area contributed by atoms with Gasteiger partial charge in [-0.05, 0) is 19.3 Å². The zero-order chi connectivity index (χ0) is 15.8. The van der Waals surface area contributed by atoms with E-state index in [1.165, 1.54) is 25.7 Å². The van der Waals surface area contributed by atoms with Crippen molar-refractivity contribution in [2.75, 3.05) is 19.6 Å². The first-order valence-corrected chi connectivity index (χ1v) is 9.05. The van der Waals surface area contributed by atoms with Gasteiger partial charge >= 0.3 is 0 Å². The maximum atomic E-state index is 12.7. The topological polar surface area (TPSA) is 23.1 Å². The number of nitrogens with zero attached hydrogens (tertiary/aromatic N) is 1. The van der Waals surface area contributed by atoms with E-state index < -0.39 is 0 Å². The molecule has 0 amide bonds. The van der Waals surface area contributed by atoms with Crippen LogP contribution in [-0.4, -0.2) is 24.3 Å². The summed E-state index contributed by atoms with van der Waals surface area (Å²) in [4.78, 5) is 0. The molecule has 0 aliphatic heterocycles. The average molecular weight is 296 g/mol. The van der Waals surface area contributed by atoms with Gasteiger partial charge in [0.25, 0.3) is 0 Å². The highest BCUT2D eigenvalue weighted by molar-refractivity contribution is 4.83. The number of unbranched alkanes of at least 4 members (excludes halogenated alkanes) is 4. The van der Waals surface area contributed by atoms with Gasteiger partial charge in [0.2, 0.25) is 0 Å². The largest absolute Gasteiger partial charge is 0.633 e. The average Bonchev–Trinajstić information content (AvgIpc) is 2.47. The predicted octanol–water partition coefficient (Wildman–Crippen LogP) is 5.98. The van der Waals surface area contributed by atoms with Crippen LogP contribution >= 0.6 is 0 Å². The molecular weight excluding hydrogens is 258 g/mol. The molecule has 0 N–H and O–H groups in total. The lowest BCUT2D eigenvalue weighted by atomic mass is 10.2. The van der Waals surface area contributed by atoms with E-state index in [2.05, 4.69) is 45.1 Å². The summed E-state index contributed by atoms with van der Waals surface area (Å²) in [5.74, 6) is 0. The summed E-state index contributed by atoms with van der Waals surface area (Å²) in [7, 11) is 0. The minimum absolute atomic E-state index is 0.0211. The fraction of sp³-hybridized carbons (Fsp3) is 0.789. The van der Waals surface area contributed by atoms with E-state index in [1.807, 2.05) is 0 Å². The first-order valence-electron chi connectivity index (χ1n) is 9.05. The summed E-state index contributed by atoms with van der Waals surface area (Å²) in [6, 6.07) is 0. The molecule has 2 nitrogen and oxygen atoms in total. The van der Waals surface area contributed by atoms with Gasteiger partial charge in [-0.15, -0.1) is 0 Å². The molecule has 0 aliphatic carbocycles. The van der Waals surface area contributed by atoms with Crippen LogP contribution < -0.4 is 0 Å². The Hall–Kier alpha value is -0.600. The Kier molecular flexibility index (Phi) is 13.9. The molecule has 0 saturated carbocycles. The molecule has 0 aromatic rings. The quantitative estimate of drug-likeness (QED) is 0.167. The molecule has 0 atom stereocenters. The van der Waals surface area contributed by atoms with Crippen molar-refractivity contribution in [2.45, 2.75) is 78.6 Å². The molecule has 0 aliphatic rings. The van der Waals surface area contributed by atoms with E-state index in [9.17, 15) is 5.21 Å². The monoisotopic (exact) mass is 295 g/mol. The highest BCUT2D eigenvalue weighted by Crippen LogP contribution is 2.11. The summed E-state index contributed by atoms with van der Waals surface area (Å²) in [5.41, 5.74) is 0. The molecule has 0 aromatic heterocycles. The SMILES string of the molecule is CCCC/C=C/CC[N+]([O-])(CCC)CC/C=C/CCCC. The van der Waals surface area contributed by atoms with Crippen molar-refractivity contribution in [3.8, 4) is 0 Å². The number of rotatable bonds is 14. The summed E-state index contributed by atoms with van der Waals surface area (Å²) in [5, 5.41) is 12.7. The van der Waals surface area contributed by atoms with Crippen LogP contribution in [0.25, 0.3) is 0 Å². The fourth-order valence-corrected chi connectivity index (χ4v) is 2.48. The van der Waals surface area contributed by atoms with Gasteiger partial charge in [0, 0.05) is 12.8 Å². The molecule has 0 spiro atoms. The van der Waals surface area contributed by atoms with Crippen molar-refractivity contribution in [3.63, 3.8) is 0 Å². The van der Waals surface area contributed by atoms with Crippen LogP contribution in [0.15, 0.2) is 24.3 Å². The maximum absolute atomic E-state index is 12.7. The second-order valence-corrected chi connectivity index (χ2v) is 6.03. The summed E-state index contributed by atoms with van der Waals surface area (Å²) in [6.07, 6.45) is 19.0. The molecule has 0 bridgehead atoms. The number of hydroxylamine groups is 3. The van der Waals surface area contributed by atoms with Gasteiger partial charge in [-0.1, -0.05) is 70.8 Å². The first-order chi connectivity index (χ1) is 10.2. The highest BCUT2D eigenvalue weighted by Gasteiger charge is 2.13. The van der Waals surface area contributed by atoms with Crippen LogP contribution in [0.1, 0.15) is 78.6 Å². The Balaban J connectivity index is 3.98. The number of hydrogen-bond donors (Lipinski definition) is 0. The van der Waals surface area contributed by atoms with Gasteiger partial charge in [0.15, 0.2) is 0 Å². The summed E-state index contributed by atoms with van der Waals surface area (Å²) in [6.45, 7) is 8.76. The third-order valence-electron chi connectivity index (χ3n) is 3.82. The molecule has 0 saturated heterocycles. The predicted molar refractivity (Wildman–Crippen MR) is 95.1 cm³/mol. The Morgan fingerprint density at radius 2 is 1.05 bits per heavy atom. The molecule has 0 radical (unpaired) electrons. The van der Waals surface area contributed by atoms with Gasteiger partial charge in [0.05, 0.1) is 19.6 Å². The Morgan fingerprint density at radius 1 is 0.619 bits per heavy atom. The first kappa shape index (κ1) is 20.4. The molecule has 2 heteroatoms. The van der Waals surface area contributed by atoms with Crippen molar-refractivity contribution in [1.82, 2.24) is 0 Å². The third-order valence-corrected chi connectivity index (χ3v) is 3.82. The van der Waals surface area contributed by atoms with Crippen molar-refractivity contribution >= 4 is 0 Å². The van der Waals surface area contributed by atoms with Gasteiger partial charge < -0.3 is 9.85 Å². The van der Waals surface area contributed by atoms with Crippen molar-refractivity contribution in [2.24, 2.45) is 0 Å². The van der Waals surface area contributed by atoms with Crippen LogP contribution in [0.2, 0.25) is 0 Å². The number of allylic oxidation sites excluding steroid dienone is 2. The van der Waals surface area contributed by atoms with Crippen LogP contribution in [-0.2, 0) is 0 Å². The molecular formula is C19H37NO. The van der Waals surface area contributed by atoms with Gasteiger partial charge in [-0.3, -0.25) is 0 Å². The number of quaternary nitrogens is 1. The second-order valence-electron chi connectivity index (χ2n) is 6.03. The molecule has 0 aromatic carbocycles. The highest BCUT2D eigenvalue weighted by atomic mass is 16.5. The third kappa shape index (κ3) is 12.8. The van der Waals surface area contributed by atoms with Crippen LogP contribution in [0, 0.1) is 5.21 Å². The maximum Gasteiger partial charge on any atom is 0.0819 e. The molecule has 0 heterocycles. The lowest BCUT2D eigenvalue weighted by molar-refractivity contribution is -0.880. The van der Waals surface area contributed by atoms with Crippen molar-refractivity contribution in [3.05, 3.63) is 29.5 Å². The standard InChI is InChI=1S/C19H37NO/c1-4-7-9-11-13-15-18-20(21,17-6-3)19-16-14-12-10-8-5-2/h11-14H,4-10,15-19H2,1-3H3/b13-11+,14-12+. The Labute approximate surface area is 133 Å². The lowest BCUT2D eigenvalue weighted by Crippen LogP contribution is -2.44. The van der Waals surface area contributed by atoms with Gasteiger partial charge in [-0.25, -0.2) is 0 Å². The van der Waals surface area contributed by atoms with E-state index in [1.54, 1.807) is 0 Å². The smallest absolute Gasteiger partial charge is 0.0819 e. The molecule has 0 fully saturated rings. The normalized spacial score (nSPS) is 12.8. The fourth-order valence-electron chi connectivity index (χ4n) is 2.48. The van der Waals surface area contributed by atoms with E-state index in [0.29, 0.717) is 0 Å². The van der Waals surface area contributed by atoms with E-state index in [0.717, 1.165) is 51.7 Å². The number of hydrogen-bond acceptors (Lipinski definition) is 1. The Bertz CT molecular complexity index is 249. The van der Waals surface area contributed by atoms with Crippen molar-refractivity contribution < 1.29 is 4.65 Å². The zero-order valence-electron chi connectivity index (χ0n) is 14.7. The van der Waals surface area contributed by atoms with Crippen LogP contribution in [0.5, 0.6) is 0 Å². The molecule has 21 heavy (non-hydrogen) atoms. The molecule has 124 valence electrons. The molecule has 0 unspecified atom stereocenters. The Morgan fingerprint density at radius 3 is 1.43 bits per heavy atom. The minimum Gasteiger partial charge on any atom is -0.633 e. The summed E-state index contributed by atoms with van der Waals surface area (Å²) < 4.78 is -0.0211. The van der Waals surface area contributed by atoms with E-state index in [-0.39, 0.29) is 4.65 Å². The van der Waals surface area contributed by atoms with E-state index in [4.69, 9.17) is 0 Å². The molecule has 0 rings (SSSR count). The zero-order valence-corrected chi connectivity index (χ0v) is 14.7. The minimum atomic E-state index is -0.0211. The lowest BCUT2D eigenvalue weighted by Gasteiger charge is -2.42. The van der Waals surface area contributed by atoms with E-state index >= 15 is 0 Å². The van der Waals surface area contributed by atoms with Gasteiger partial charge in [0.1, 0.15) is 0 Å². The van der Waals surface area contributed by atoms with Crippen LogP contribution in [0.4, 0.5) is 0 Å².